The summed E-state index contributed by atoms with van der Waals surface area (Å²) < 4.78 is 12.9. The number of urea groups is 1. The summed E-state index contributed by atoms with van der Waals surface area (Å²) in [7, 11) is 0. The number of carboxylic acid groups (broad SMARTS) is 1. The number of aliphatic carboxylic acids is 1. The highest BCUT2D eigenvalue weighted by molar-refractivity contribution is 5.76. The van der Waals surface area contributed by atoms with Crippen LogP contribution in [0.2, 0.25) is 0 Å². The molecule has 0 aliphatic carbocycles. The Bertz CT molecular complexity index is 488. The molecule has 1 atom stereocenters. The van der Waals surface area contributed by atoms with Crippen LogP contribution >= 0.6 is 0 Å². The van der Waals surface area contributed by atoms with E-state index in [1.165, 1.54) is 17.0 Å². The Morgan fingerprint density at radius 2 is 1.81 bits per heavy atom. The van der Waals surface area contributed by atoms with Crippen molar-refractivity contribution in [3.05, 3.63) is 35.6 Å². The van der Waals surface area contributed by atoms with E-state index < -0.39 is 5.97 Å². The lowest BCUT2D eigenvalue weighted by molar-refractivity contribution is -0.137. The van der Waals surface area contributed by atoms with Crippen LogP contribution in [0.1, 0.15) is 38.8 Å². The van der Waals surface area contributed by atoms with Crippen molar-refractivity contribution >= 4 is 12.0 Å². The molecule has 0 bridgehead atoms. The van der Waals surface area contributed by atoms with Crippen LogP contribution in [0, 0.1) is 5.82 Å². The van der Waals surface area contributed by atoms with Gasteiger partial charge in [0.15, 0.2) is 0 Å². The van der Waals surface area contributed by atoms with E-state index in [2.05, 4.69) is 5.32 Å². The minimum Gasteiger partial charge on any atom is -0.481 e. The fourth-order valence-corrected chi connectivity index (χ4v) is 1.91. The third kappa shape index (κ3) is 5.41. The van der Waals surface area contributed by atoms with E-state index >= 15 is 0 Å². The topological polar surface area (TPSA) is 69.6 Å². The first-order valence-corrected chi connectivity index (χ1v) is 6.85. The fraction of sp³-hybridized carbons (Fsp3) is 0.467. The number of hydrogen-bond donors (Lipinski definition) is 2. The molecule has 2 amide bonds. The number of nitrogens with one attached hydrogen (secondary N) is 1. The summed E-state index contributed by atoms with van der Waals surface area (Å²) in [6.07, 6.45) is -0.101. The molecule has 0 radical (unpaired) electrons. The molecule has 5 nitrogen and oxygen atoms in total. The second-order valence-corrected chi connectivity index (χ2v) is 5.15. The van der Waals surface area contributed by atoms with Gasteiger partial charge in [-0.2, -0.15) is 0 Å². The van der Waals surface area contributed by atoms with Crippen LogP contribution in [-0.4, -0.2) is 34.6 Å². The molecule has 0 aliphatic heterocycles. The molecule has 1 unspecified atom stereocenters. The predicted molar refractivity (Wildman–Crippen MR) is 77.4 cm³/mol. The molecule has 0 heterocycles. The van der Waals surface area contributed by atoms with Crippen LogP contribution in [0.5, 0.6) is 0 Å². The van der Waals surface area contributed by atoms with E-state index in [-0.39, 0.29) is 36.9 Å². The number of nitrogens with zero attached hydrogens (tertiary/aromatic N) is 1. The molecular weight excluding hydrogens is 275 g/mol. The van der Waals surface area contributed by atoms with Crippen LogP contribution in [0.3, 0.4) is 0 Å². The molecule has 1 aromatic carbocycles. The van der Waals surface area contributed by atoms with Gasteiger partial charge in [-0.05, 0) is 38.5 Å². The van der Waals surface area contributed by atoms with Crippen molar-refractivity contribution in [2.75, 3.05) is 6.54 Å². The summed E-state index contributed by atoms with van der Waals surface area (Å²) in [5.41, 5.74) is 0.784. The van der Waals surface area contributed by atoms with Gasteiger partial charge in [-0.15, -0.1) is 0 Å². The second kappa shape index (κ2) is 7.61. The zero-order valence-electron chi connectivity index (χ0n) is 12.5. The predicted octanol–water partition coefficient (Wildman–Crippen LogP) is 2.78. The second-order valence-electron chi connectivity index (χ2n) is 5.15. The number of carbonyl (C=O) groups excluding carboxylic acids is 1. The van der Waals surface area contributed by atoms with E-state index in [1.807, 2.05) is 13.8 Å². The standard InChI is InChI=1S/C15H21FN2O3/c1-10(2)18(9-8-14(19)20)15(21)17-11(3)12-4-6-13(16)7-5-12/h4-7,10-11H,8-9H2,1-3H3,(H,17,21)(H,19,20). The average molecular weight is 296 g/mol. The average Bonchev–Trinajstić information content (AvgIpc) is 2.38. The van der Waals surface area contributed by atoms with Crippen molar-refractivity contribution in [3.63, 3.8) is 0 Å². The molecule has 6 heteroatoms. The number of carbonyl (C=O) groups is 2. The lowest BCUT2D eigenvalue weighted by atomic mass is 10.1. The number of amides is 2. The van der Waals surface area contributed by atoms with Crippen molar-refractivity contribution in [1.29, 1.82) is 0 Å². The first-order valence-electron chi connectivity index (χ1n) is 6.85. The van der Waals surface area contributed by atoms with E-state index in [1.54, 1.807) is 19.1 Å². The lowest BCUT2D eigenvalue weighted by Gasteiger charge is -2.28. The minimum atomic E-state index is -0.944. The third-order valence-electron chi connectivity index (χ3n) is 3.16. The zero-order valence-corrected chi connectivity index (χ0v) is 12.5. The van der Waals surface area contributed by atoms with Crippen LogP contribution in [0.4, 0.5) is 9.18 Å². The van der Waals surface area contributed by atoms with Gasteiger partial charge >= 0.3 is 12.0 Å². The summed E-state index contributed by atoms with van der Waals surface area (Å²) in [5.74, 6) is -1.28. The molecule has 1 rings (SSSR count). The van der Waals surface area contributed by atoms with Crippen LogP contribution in [0.25, 0.3) is 0 Å². The van der Waals surface area contributed by atoms with Crippen molar-refractivity contribution in [2.45, 2.75) is 39.3 Å². The van der Waals surface area contributed by atoms with Gasteiger partial charge in [0.2, 0.25) is 0 Å². The Hall–Kier alpha value is -2.11. The maximum Gasteiger partial charge on any atom is 0.318 e. The highest BCUT2D eigenvalue weighted by atomic mass is 19.1. The minimum absolute atomic E-state index is 0.101. The quantitative estimate of drug-likeness (QED) is 0.848. The van der Waals surface area contributed by atoms with E-state index in [0.717, 1.165) is 5.56 Å². The molecule has 0 spiro atoms. The Balaban J connectivity index is 2.67. The largest absolute Gasteiger partial charge is 0.481 e. The SMILES string of the molecule is CC(NC(=O)N(CCC(=O)O)C(C)C)c1ccc(F)cc1. The number of halogens is 1. The smallest absolute Gasteiger partial charge is 0.318 e. The van der Waals surface area contributed by atoms with Gasteiger partial charge in [0.25, 0.3) is 0 Å². The van der Waals surface area contributed by atoms with Gasteiger partial charge in [-0.25, -0.2) is 9.18 Å². The Morgan fingerprint density at radius 1 is 1.24 bits per heavy atom. The summed E-state index contributed by atoms with van der Waals surface area (Å²) in [5, 5.41) is 11.5. The third-order valence-corrected chi connectivity index (χ3v) is 3.16. The van der Waals surface area contributed by atoms with Crippen molar-refractivity contribution in [2.24, 2.45) is 0 Å². The van der Waals surface area contributed by atoms with Crippen molar-refractivity contribution < 1.29 is 19.1 Å². The number of benzene rings is 1. The zero-order chi connectivity index (χ0) is 16.0. The molecule has 0 aromatic heterocycles. The van der Waals surface area contributed by atoms with E-state index in [9.17, 15) is 14.0 Å². The van der Waals surface area contributed by atoms with Crippen LogP contribution < -0.4 is 5.32 Å². The first-order chi connectivity index (χ1) is 9.81. The van der Waals surface area contributed by atoms with Gasteiger partial charge < -0.3 is 15.3 Å². The summed E-state index contributed by atoms with van der Waals surface area (Å²) in [4.78, 5) is 24.3. The van der Waals surface area contributed by atoms with Crippen molar-refractivity contribution in [3.8, 4) is 0 Å². The molecule has 0 saturated carbocycles. The highest BCUT2D eigenvalue weighted by Gasteiger charge is 2.19. The van der Waals surface area contributed by atoms with Gasteiger partial charge in [0.1, 0.15) is 5.82 Å². The molecule has 0 aliphatic rings. The van der Waals surface area contributed by atoms with Gasteiger partial charge in [0, 0.05) is 12.6 Å². The molecule has 116 valence electrons. The Kier molecular flexibility index (Phi) is 6.14. The Labute approximate surface area is 123 Å². The molecule has 0 fully saturated rings. The van der Waals surface area contributed by atoms with Crippen LogP contribution in [0.15, 0.2) is 24.3 Å². The first kappa shape index (κ1) is 16.9. The Morgan fingerprint density at radius 3 is 2.29 bits per heavy atom. The fourth-order valence-electron chi connectivity index (χ4n) is 1.91. The molecule has 1 aromatic rings. The normalized spacial score (nSPS) is 12.0. The number of hydrogen-bond acceptors (Lipinski definition) is 2. The number of rotatable bonds is 6. The monoisotopic (exact) mass is 296 g/mol. The van der Waals surface area contributed by atoms with Gasteiger partial charge in [-0.3, -0.25) is 4.79 Å². The molecule has 0 saturated heterocycles. The van der Waals surface area contributed by atoms with E-state index in [0.29, 0.717) is 0 Å². The molecule has 2 N–H and O–H groups in total. The summed E-state index contributed by atoms with van der Waals surface area (Å²) >= 11 is 0. The summed E-state index contributed by atoms with van der Waals surface area (Å²) in [6.45, 7) is 5.59. The van der Waals surface area contributed by atoms with E-state index in [4.69, 9.17) is 5.11 Å². The summed E-state index contributed by atoms with van der Waals surface area (Å²) in [6, 6.07) is 5.16. The van der Waals surface area contributed by atoms with Gasteiger partial charge in [0.05, 0.1) is 12.5 Å². The highest BCUT2D eigenvalue weighted by Crippen LogP contribution is 2.14. The lowest BCUT2D eigenvalue weighted by Crippen LogP contribution is -2.45. The van der Waals surface area contributed by atoms with Crippen molar-refractivity contribution in [1.82, 2.24) is 10.2 Å². The van der Waals surface area contributed by atoms with Gasteiger partial charge in [-0.1, -0.05) is 12.1 Å². The molecule has 21 heavy (non-hydrogen) atoms. The number of carboxylic acids is 1. The maximum absolute atomic E-state index is 12.9. The van der Waals surface area contributed by atoms with Crippen LogP contribution in [-0.2, 0) is 4.79 Å². The molecular formula is C15H21FN2O3. The maximum atomic E-state index is 12.9.